The van der Waals surface area contributed by atoms with Crippen molar-refractivity contribution >= 4 is 5.91 Å². The van der Waals surface area contributed by atoms with Gasteiger partial charge in [-0.15, -0.1) is 0 Å². The van der Waals surface area contributed by atoms with Crippen LogP contribution in [0.25, 0.3) is 11.3 Å². The van der Waals surface area contributed by atoms with Gasteiger partial charge in [0.1, 0.15) is 23.6 Å². The van der Waals surface area contributed by atoms with Crippen LogP contribution in [0.2, 0.25) is 0 Å². The van der Waals surface area contributed by atoms with Gasteiger partial charge < -0.3 is 9.84 Å². The Kier molecular flexibility index (Phi) is 5.18. The van der Waals surface area contributed by atoms with Gasteiger partial charge in [-0.05, 0) is 36.2 Å². The summed E-state index contributed by atoms with van der Waals surface area (Å²) in [5.41, 5.74) is 2.23. The molecule has 1 amide bonds. The molecule has 0 aliphatic rings. The van der Waals surface area contributed by atoms with Crippen LogP contribution in [0.3, 0.4) is 0 Å². The molecule has 1 aromatic heterocycles. The Labute approximate surface area is 143 Å². The smallest absolute Gasteiger partial charge is 0.220 e. The van der Waals surface area contributed by atoms with Crippen molar-refractivity contribution in [2.24, 2.45) is 0 Å². The highest BCUT2D eigenvalue weighted by atomic mass is 19.1. The molecule has 3 aromatic rings. The summed E-state index contributed by atoms with van der Waals surface area (Å²) in [6.07, 6.45) is 2.02. The van der Waals surface area contributed by atoms with E-state index in [1.165, 1.54) is 24.5 Å². The van der Waals surface area contributed by atoms with Crippen LogP contribution in [0.4, 0.5) is 8.78 Å². The Morgan fingerprint density at radius 2 is 1.84 bits per heavy atom. The van der Waals surface area contributed by atoms with Crippen LogP contribution in [0, 0.1) is 11.6 Å². The molecule has 0 bridgehead atoms. The third kappa shape index (κ3) is 4.29. The molecule has 1 heterocycles. The van der Waals surface area contributed by atoms with Gasteiger partial charge in [0.2, 0.25) is 5.91 Å². The summed E-state index contributed by atoms with van der Waals surface area (Å²) >= 11 is 0. The normalized spacial score (nSPS) is 10.6. The zero-order valence-corrected chi connectivity index (χ0v) is 13.3. The fourth-order valence-corrected chi connectivity index (χ4v) is 2.45. The fraction of sp³-hybridized carbons (Fsp3) is 0.158. The summed E-state index contributed by atoms with van der Waals surface area (Å²) < 4.78 is 31.7. The first kappa shape index (κ1) is 16.8. The molecule has 0 spiro atoms. The first-order chi connectivity index (χ1) is 12.1. The summed E-state index contributed by atoms with van der Waals surface area (Å²) in [7, 11) is 0. The molecule has 25 heavy (non-hydrogen) atoms. The molecule has 0 saturated carbocycles. The van der Waals surface area contributed by atoms with Crippen molar-refractivity contribution in [3.05, 3.63) is 77.6 Å². The molecule has 2 aromatic carbocycles. The average molecular weight is 342 g/mol. The molecule has 0 atom stereocenters. The van der Waals surface area contributed by atoms with Crippen molar-refractivity contribution in [1.29, 1.82) is 0 Å². The molecule has 0 fully saturated rings. The zero-order chi connectivity index (χ0) is 17.6. The summed E-state index contributed by atoms with van der Waals surface area (Å²) in [6.45, 7) is 0.322. The Bertz CT molecular complexity index is 860. The number of carbonyl (C=O) groups excluding carboxylic acids is 1. The van der Waals surface area contributed by atoms with E-state index < -0.39 is 5.82 Å². The third-order valence-electron chi connectivity index (χ3n) is 3.80. The number of amides is 1. The van der Waals surface area contributed by atoms with Crippen LogP contribution in [0.5, 0.6) is 0 Å². The SMILES string of the molecule is O=C(CCc1conc1-c1ccccc1F)NCc1ccc(F)cc1. The van der Waals surface area contributed by atoms with Gasteiger partial charge in [0.25, 0.3) is 0 Å². The molecule has 0 saturated heterocycles. The highest BCUT2D eigenvalue weighted by molar-refractivity contribution is 5.76. The molecule has 3 rings (SSSR count). The second kappa shape index (κ2) is 7.70. The number of nitrogens with zero attached hydrogens (tertiary/aromatic N) is 1. The van der Waals surface area contributed by atoms with E-state index in [-0.39, 0.29) is 18.1 Å². The van der Waals surface area contributed by atoms with Crippen molar-refractivity contribution in [1.82, 2.24) is 10.5 Å². The molecule has 1 N–H and O–H groups in total. The molecule has 0 aliphatic carbocycles. The fourth-order valence-electron chi connectivity index (χ4n) is 2.45. The lowest BCUT2D eigenvalue weighted by Crippen LogP contribution is -2.23. The third-order valence-corrected chi connectivity index (χ3v) is 3.80. The van der Waals surface area contributed by atoms with Crippen LogP contribution in [-0.2, 0) is 17.8 Å². The van der Waals surface area contributed by atoms with Gasteiger partial charge in [-0.2, -0.15) is 0 Å². The number of benzene rings is 2. The lowest BCUT2D eigenvalue weighted by atomic mass is 10.0. The quantitative estimate of drug-likeness (QED) is 0.740. The predicted molar refractivity (Wildman–Crippen MR) is 88.5 cm³/mol. The summed E-state index contributed by atoms with van der Waals surface area (Å²) in [5, 5.41) is 6.61. The second-order valence-corrected chi connectivity index (χ2v) is 5.57. The van der Waals surface area contributed by atoms with Crippen LogP contribution < -0.4 is 5.32 Å². The van der Waals surface area contributed by atoms with E-state index in [4.69, 9.17) is 4.52 Å². The summed E-state index contributed by atoms with van der Waals surface area (Å²) in [5.74, 6) is -0.869. The number of aromatic nitrogens is 1. The molecule has 128 valence electrons. The molecule has 0 aliphatic heterocycles. The molecule has 0 unspecified atom stereocenters. The average Bonchev–Trinajstić information content (AvgIpc) is 3.08. The maximum atomic E-state index is 13.9. The topological polar surface area (TPSA) is 55.1 Å². The summed E-state index contributed by atoms with van der Waals surface area (Å²) in [6, 6.07) is 12.2. The van der Waals surface area contributed by atoms with Crippen molar-refractivity contribution in [2.45, 2.75) is 19.4 Å². The highest BCUT2D eigenvalue weighted by Gasteiger charge is 2.15. The van der Waals surface area contributed by atoms with E-state index in [0.717, 1.165) is 5.56 Å². The van der Waals surface area contributed by atoms with E-state index in [0.29, 0.717) is 29.8 Å². The van der Waals surface area contributed by atoms with Gasteiger partial charge in [0.05, 0.1) is 0 Å². The monoisotopic (exact) mass is 342 g/mol. The first-order valence-electron chi connectivity index (χ1n) is 7.83. The predicted octanol–water partition coefficient (Wildman–Crippen LogP) is 3.87. The van der Waals surface area contributed by atoms with Gasteiger partial charge in [-0.25, -0.2) is 8.78 Å². The van der Waals surface area contributed by atoms with Gasteiger partial charge in [0.15, 0.2) is 0 Å². The van der Waals surface area contributed by atoms with Crippen LogP contribution in [0.1, 0.15) is 17.5 Å². The maximum absolute atomic E-state index is 13.9. The van der Waals surface area contributed by atoms with E-state index in [1.54, 1.807) is 30.3 Å². The van der Waals surface area contributed by atoms with Crippen molar-refractivity contribution in [2.75, 3.05) is 0 Å². The standard InChI is InChI=1S/C19H16F2N2O2/c20-15-8-5-13(6-9-15)11-22-18(24)10-7-14-12-25-23-19(14)16-3-1-2-4-17(16)21/h1-6,8-9,12H,7,10-11H2,(H,22,24). The number of carbonyl (C=O) groups is 1. The van der Waals surface area contributed by atoms with E-state index >= 15 is 0 Å². The van der Waals surface area contributed by atoms with E-state index in [1.807, 2.05) is 0 Å². The van der Waals surface area contributed by atoms with Crippen LogP contribution in [0.15, 0.2) is 59.3 Å². The number of nitrogens with one attached hydrogen (secondary N) is 1. The number of hydrogen-bond acceptors (Lipinski definition) is 3. The largest absolute Gasteiger partial charge is 0.364 e. The maximum Gasteiger partial charge on any atom is 0.220 e. The molecule has 0 radical (unpaired) electrons. The van der Waals surface area contributed by atoms with Crippen molar-refractivity contribution in [3.8, 4) is 11.3 Å². The van der Waals surface area contributed by atoms with Crippen molar-refractivity contribution < 1.29 is 18.1 Å². The van der Waals surface area contributed by atoms with Gasteiger partial charge in [0, 0.05) is 24.1 Å². The van der Waals surface area contributed by atoms with Crippen molar-refractivity contribution in [3.63, 3.8) is 0 Å². The first-order valence-corrected chi connectivity index (χ1v) is 7.83. The van der Waals surface area contributed by atoms with Gasteiger partial charge >= 0.3 is 0 Å². The zero-order valence-electron chi connectivity index (χ0n) is 13.3. The minimum atomic E-state index is -0.390. The molecular weight excluding hydrogens is 326 g/mol. The van der Waals surface area contributed by atoms with E-state index in [2.05, 4.69) is 10.5 Å². The number of halogens is 2. The molecule has 6 heteroatoms. The lowest BCUT2D eigenvalue weighted by Gasteiger charge is -2.06. The van der Waals surface area contributed by atoms with Crippen LogP contribution >= 0.6 is 0 Å². The molecular formula is C19H16F2N2O2. The van der Waals surface area contributed by atoms with Gasteiger partial charge in [-0.1, -0.05) is 29.4 Å². The number of hydrogen-bond donors (Lipinski definition) is 1. The Morgan fingerprint density at radius 3 is 2.60 bits per heavy atom. The minimum Gasteiger partial charge on any atom is -0.364 e. The van der Waals surface area contributed by atoms with Gasteiger partial charge in [-0.3, -0.25) is 4.79 Å². The minimum absolute atomic E-state index is 0.162. The lowest BCUT2D eigenvalue weighted by molar-refractivity contribution is -0.121. The summed E-state index contributed by atoms with van der Waals surface area (Å²) in [4.78, 5) is 12.0. The Hall–Kier alpha value is -3.02. The highest BCUT2D eigenvalue weighted by Crippen LogP contribution is 2.25. The number of rotatable bonds is 6. The Morgan fingerprint density at radius 1 is 1.08 bits per heavy atom. The number of aryl methyl sites for hydroxylation is 1. The Balaban J connectivity index is 1.57. The molecule has 4 nitrogen and oxygen atoms in total. The van der Waals surface area contributed by atoms with E-state index in [9.17, 15) is 13.6 Å². The second-order valence-electron chi connectivity index (χ2n) is 5.57. The van der Waals surface area contributed by atoms with Crippen LogP contribution in [-0.4, -0.2) is 11.1 Å².